The number of benzene rings is 2. The topological polar surface area (TPSA) is 98.5 Å². The molecule has 8 heteroatoms. The Morgan fingerprint density at radius 3 is 2.65 bits per heavy atom. The van der Waals surface area contributed by atoms with Crippen LogP contribution in [0.1, 0.15) is 21.5 Å². The normalized spacial score (nSPS) is 13.0. The molecule has 26 heavy (non-hydrogen) atoms. The highest BCUT2D eigenvalue weighted by Crippen LogP contribution is 2.31. The second kappa shape index (κ2) is 7.49. The fourth-order valence-corrected chi connectivity index (χ4v) is 3.38. The Balaban J connectivity index is 1.65. The van der Waals surface area contributed by atoms with Crippen molar-refractivity contribution in [1.29, 1.82) is 0 Å². The molecule has 3 N–H and O–H groups in total. The van der Waals surface area contributed by atoms with Crippen LogP contribution in [0.15, 0.2) is 47.4 Å². The molecule has 6 nitrogen and oxygen atoms in total. The van der Waals surface area contributed by atoms with Gasteiger partial charge < -0.3 is 10.1 Å². The molecule has 0 aliphatic carbocycles. The predicted molar refractivity (Wildman–Crippen MR) is 99.8 cm³/mol. The van der Waals surface area contributed by atoms with Crippen molar-refractivity contribution in [2.24, 2.45) is 5.14 Å². The van der Waals surface area contributed by atoms with Crippen LogP contribution >= 0.6 is 11.6 Å². The summed E-state index contributed by atoms with van der Waals surface area (Å²) in [6.45, 7) is 0.788. The van der Waals surface area contributed by atoms with E-state index in [1.54, 1.807) is 24.3 Å². The number of hydrogen-bond acceptors (Lipinski definition) is 4. The zero-order valence-electron chi connectivity index (χ0n) is 13.7. The van der Waals surface area contributed by atoms with E-state index in [-0.39, 0.29) is 10.8 Å². The van der Waals surface area contributed by atoms with E-state index in [2.05, 4.69) is 5.32 Å². The third-order valence-electron chi connectivity index (χ3n) is 3.90. The molecule has 0 radical (unpaired) electrons. The molecule has 0 aromatic heterocycles. The standard InChI is InChI=1S/C18H17ClN2O4S/c19-14-10-13-2-1-9-25-17(13)16(11-14)18(22)21-8-7-12-3-5-15(6-4-12)26(20,23)24/h1-6,10-11H,7-9H2,(H,21,22)(H2,20,23,24). The molecule has 0 bridgehead atoms. The first-order chi connectivity index (χ1) is 12.3. The highest BCUT2D eigenvalue weighted by molar-refractivity contribution is 7.89. The molecule has 0 saturated carbocycles. The summed E-state index contributed by atoms with van der Waals surface area (Å²) in [4.78, 5) is 12.5. The van der Waals surface area contributed by atoms with Gasteiger partial charge in [-0.15, -0.1) is 0 Å². The summed E-state index contributed by atoms with van der Waals surface area (Å²) in [6.07, 6.45) is 4.26. The number of sulfonamides is 1. The number of rotatable bonds is 5. The summed E-state index contributed by atoms with van der Waals surface area (Å²) >= 11 is 6.08. The smallest absolute Gasteiger partial charge is 0.255 e. The number of ether oxygens (including phenoxy) is 1. The molecular weight excluding hydrogens is 376 g/mol. The van der Waals surface area contributed by atoms with Crippen molar-refractivity contribution >= 4 is 33.6 Å². The maximum Gasteiger partial charge on any atom is 0.255 e. The lowest BCUT2D eigenvalue weighted by Crippen LogP contribution is -2.26. The van der Waals surface area contributed by atoms with Gasteiger partial charge in [0.25, 0.3) is 5.91 Å². The van der Waals surface area contributed by atoms with Crippen molar-refractivity contribution in [3.63, 3.8) is 0 Å². The summed E-state index contributed by atoms with van der Waals surface area (Å²) in [5.41, 5.74) is 2.04. The zero-order chi connectivity index (χ0) is 18.7. The van der Waals surface area contributed by atoms with Gasteiger partial charge in [-0.2, -0.15) is 0 Å². The summed E-state index contributed by atoms with van der Waals surface area (Å²) in [5, 5.41) is 8.35. The average Bonchev–Trinajstić information content (AvgIpc) is 2.60. The maximum atomic E-state index is 12.5. The molecule has 0 fully saturated rings. The SMILES string of the molecule is NS(=O)(=O)c1ccc(CCNC(=O)c2cc(Cl)cc3c2OCC=C3)cc1. The molecule has 0 saturated heterocycles. The van der Waals surface area contributed by atoms with Gasteiger partial charge in [-0.1, -0.05) is 29.8 Å². The fraction of sp³-hybridized carbons (Fsp3) is 0.167. The minimum Gasteiger partial charge on any atom is -0.488 e. The molecule has 1 aliphatic rings. The molecular formula is C18H17ClN2O4S. The van der Waals surface area contributed by atoms with E-state index in [1.165, 1.54) is 12.1 Å². The van der Waals surface area contributed by atoms with Crippen molar-refractivity contribution in [2.75, 3.05) is 13.2 Å². The largest absolute Gasteiger partial charge is 0.488 e. The van der Waals surface area contributed by atoms with Crippen LogP contribution in [0.4, 0.5) is 0 Å². The van der Waals surface area contributed by atoms with Gasteiger partial charge in [-0.3, -0.25) is 4.79 Å². The molecule has 0 atom stereocenters. The zero-order valence-corrected chi connectivity index (χ0v) is 15.3. The Morgan fingerprint density at radius 1 is 1.23 bits per heavy atom. The molecule has 136 valence electrons. The van der Waals surface area contributed by atoms with Crippen LogP contribution in [0, 0.1) is 0 Å². The fourth-order valence-electron chi connectivity index (χ4n) is 2.64. The molecule has 2 aromatic rings. The summed E-state index contributed by atoms with van der Waals surface area (Å²) < 4.78 is 28.1. The van der Waals surface area contributed by atoms with Crippen molar-refractivity contribution in [3.05, 3.63) is 64.2 Å². The number of amides is 1. The van der Waals surface area contributed by atoms with Gasteiger partial charge in [-0.05, 0) is 42.3 Å². The third-order valence-corrected chi connectivity index (χ3v) is 5.05. The first kappa shape index (κ1) is 18.4. The quantitative estimate of drug-likeness (QED) is 0.815. The third kappa shape index (κ3) is 4.24. The number of nitrogens with two attached hydrogens (primary N) is 1. The summed E-state index contributed by atoms with van der Waals surface area (Å²) in [5.74, 6) is 0.243. The van der Waals surface area contributed by atoms with Crippen molar-refractivity contribution < 1.29 is 17.9 Å². The van der Waals surface area contributed by atoms with Crippen LogP contribution in [0.25, 0.3) is 6.08 Å². The van der Waals surface area contributed by atoms with Crippen molar-refractivity contribution in [2.45, 2.75) is 11.3 Å². The lowest BCUT2D eigenvalue weighted by atomic mass is 10.1. The number of primary sulfonamides is 1. The van der Waals surface area contributed by atoms with Crippen LogP contribution < -0.4 is 15.2 Å². The van der Waals surface area contributed by atoms with E-state index >= 15 is 0 Å². The minimum atomic E-state index is -3.70. The van der Waals surface area contributed by atoms with Crippen LogP contribution in [-0.2, 0) is 16.4 Å². The summed E-state index contributed by atoms with van der Waals surface area (Å²) in [7, 11) is -3.70. The Labute approximate surface area is 156 Å². The number of carbonyl (C=O) groups excluding carboxylic acids is 1. The first-order valence-corrected chi connectivity index (χ1v) is 9.80. The molecule has 2 aromatic carbocycles. The second-order valence-electron chi connectivity index (χ2n) is 5.78. The van der Waals surface area contributed by atoms with Gasteiger partial charge in [0.2, 0.25) is 10.0 Å². The summed E-state index contributed by atoms with van der Waals surface area (Å²) in [6, 6.07) is 9.55. The van der Waals surface area contributed by atoms with Crippen molar-refractivity contribution in [3.8, 4) is 5.75 Å². The molecule has 1 aliphatic heterocycles. The van der Waals surface area contributed by atoms with Gasteiger partial charge in [0.05, 0.1) is 10.5 Å². The van der Waals surface area contributed by atoms with Gasteiger partial charge >= 0.3 is 0 Å². The van der Waals surface area contributed by atoms with Crippen LogP contribution in [0.5, 0.6) is 5.75 Å². The van der Waals surface area contributed by atoms with Crippen LogP contribution in [0.3, 0.4) is 0 Å². The number of carbonyl (C=O) groups is 1. The highest BCUT2D eigenvalue weighted by atomic mass is 35.5. The predicted octanol–water partition coefficient (Wildman–Crippen LogP) is 2.37. The van der Waals surface area contributed by atoms with Gasteiger partial charge in [0, 0.05) is 17.1 Å². The number of nitrogens with one attached hydrogen (secondary N) is 1. The molecule has 0 unspecified atom stereocenters. The maximum absolute atomic E-state index is 12.5. The van der Waals surface area contributed by atoms with Gasteiger partial charge in [-0.25, -0.2) is 13.6 Å². The van der Waals surface area contributed by atoms with E-state index in [0.29, 0.717) is 35.9 Å². The van der Waals surface area contributed by atoms with Crippen LogP contribution in [0.2, 0.25) is 5.02 Å². The average molecular weight is 393 g/mol. The number of halogens is 1. The Hall–Kier alpha value is -2.35. The Kier molecular flexibility index (Phi) is 5.31. The lowest BCUT2D eigenvalue weighted by molar-refractivity contribution is 0.0950. The van der Waals surface area contributed by atoms with E-state index in [9.17, 15) is 13.2 Å². The minimum absolute atomic E-state index is 0.0565. The van der Waals surface area contributed by atoms with E-state index in [4.69, 9.17) is 21.5 Å². The first-order valence-electron chi connectivity index (χ1n) is 7.87. The van der Waals surface area contributed by atoms with Crippen molar-refractivity contribution in [1.82, 2.24) is 5.32 Å². The molecule has 0 spiro atoms. The lowest BCUT2D eigenvalue weighted by Gasteiger charge is -2.17. The molecule has 1 amide bonds. The van der Waals surface area contributed by atoms with Crippen LogP contribution in [-0.4, -0.2) is 27.5 Å². The second-order valence-corrected chi connectivity index (χ2v) is 7.78. The number of hydrogen-bond donors (Lipinski definition) is 2. The Morgan fingerprint density at radius 2 is 1.96 bits per heavy atom. The van der Waals surface area contributed by atoms with Gasteiger partial charge in [0.1, 0.15) is 12.4 Å². The molecule has 1 heterocycles. The van der Waals surface area contributed by atoms with E-state index < -0.39 is 10.0 Å². The van der Waals surface area contributed by atoms with Gasteiger partial charge in [0.15, 0.2) is 0 Å². The van der Waals surface area contributed by atoms with E-state index in [0.717, 1.165) is 11.1 Å². The monoisotopic (exact) mass is 392 g/mol. The number of fused-ring (bicyclic) bond motifs is 1. The highest BCUT2D eigenvalue weighted by Gasteiger charge is 2.18. The molecule has 3 rings (SSSR count). The Bertz CT molecular complexity index is 969. The van der Waals surface area contributed by atoms with E-state index in [1.807, 2.05) is 12.2 Å².